The molecule has 1 rings (SSSR count). The van der Waals surface area contributed by atoms with Crippen LogP contribution in [-0.4, -0.2) is 34.0 Å². The van der Waals surface area contributed by atoms with Gasteiger partial charge in [0.2, 0.25) is 0 Å². The lowest BCUT2D eigenvalue weighted by Gasteiger charge is -2.20. The van der Waals surface area contributed by atoms with Crippen LogP contribution in [0.2, 0.25) is 0 Å². The molecule has 0 unspecified atom stereocenters. The predicted molar refractivity (Wildman–Crippen MR) is 82.3 cm³/mol. The van der Waals surface area contributed by atoms with E-state index in [0.29, 0.717) is 0 Å². The predicted octanol–water partition coefficient (Wildman–Crippen LogP) is 2.23. The molecule has 22 heavy (non-hydrogen) atoms. The van der Waals surface area contributed by atoms with Crippen LogP contribution in [0.25, 0.3) is 0 Å². The molecule has 3 N–H and O–H groups in total. The van der Waals surface area contributed by atoms with Crippen molar-refractivity contribution in [2.24, 2.45) is 5.92 Å². The molecule has 0 aromatic heterocycles. The van der Waals surface area contributed by atoms with Gasteiger partial charge < -0.3 is 20.3 Å². The first-order valence-corrected chi connectivity index (χ1v) is 7.05. The highest BCUT2D eigenvalue weighted by Crippen LogP contribution is 2.34. The van der Waals surface area contributed by atoms with Crippen LogP contribution in [-0.2, 0) is 4.79 Å². The van der Waals surface area contributed by atoms with Crippen molar-refractivity contribution in [1.29, 1.82) is 0 Å². The maximum atomic E-state index is 11.9. The minimum Gasteiger partial charge on any atom is -0.507 e. The summed E-state index contributed by atoms with van der Waals surface area (Å²) in [4.78, 5) is 23.5. The van der Waals surface area contributed by atoms with E-state index in [0.717, 1.165) is 0 Å². The smallest absolute Gasteiger partial charge is 0.258 e. The molecule has 0 bridgehead atoms. The van der Waals surface area contributed by atoms with E-state index in [2.05, 4.69) is 5.32 Å². The Kier molecular flexibility index (Phi) is 5.41. The summed E-state index contributed by atoms with van der Waals surface area (Å²) in [5.74, 6) is -1.68. The third-order valence-electron chi connectivity index (χ3n) is 2.73. The van der Waals surface area contributed by atoms with Gasteiger partial charge in [0.1, 0.15) is 22.8 Å². The molecule has 0 radical (unpaired) electrons. The Morgan fingerprint density at radius 1 is 1.18 bits per heavy atom. The Hall–Kier alpha value is -2.24. The highest BCUT2D eigenvalue weighted by molar-refractivity contribution is 6.02. The van der Waals surface area contributed by atoms with Gasteiger partial charge in [0, 0.05) is 23.6 Å². The fourth-order valence-electron chi connectivity index (χ4n) is 1.81. The molecule has 0 saturated carbocycles. The van der Waals surface area contributed by atoms with Crippen molar-refractivity contribution in [2.45, 2.75) is 40.2 Å². The number of carbonyl (C=O) groups is 2. The zero-order valence-electron chi connectivity index (χ0n) is 13.6. The molecule has 0 aliphatic heterocycles. The number of carbonyl (C=O) groups excluding carboxylic acids is 2. The Bertz CT molecular complexity index is 549. The Morgan fingerprint density at radius 3 is 2.09 bits per heavy atom. The number of amides is 1. The number of phenols is 2. The molecule has 0 heterocycles. The summed E-state index contributed by atoms with van der Waals surface area (Å²) in [7, 11) is 0. The number of Topliss-reactive ketones (excluding diaryl/α,β-unsaturated/α-hetero) is 1. The van der Waals surface area contributed by atoms with Gasteiger partial charge in [0.15, 0.2) is 12.4 Å². The summed E-state index contributed by atoms with van der Waals surface area (Å²) in [5, 5.41) is 22.5. The van der Waals surface area contributed by atoms with Crippen LogP contribution in [0.1, 0.15) is 45.0 Å². The van der Waals surface area contributed by atoms with Crippen LogP contribution in [0.3, 0.4) is 0 Å². The highest BCUT2D eigenvalue weighted by atomic mass is 16.5. The largest absolute Gasteiger partial charge is 0.507 e. The second-order valence-electron chi connectivity index (χ2n) is 6.44. The van der Waals surface area contributed by atoms with Crippen molar-refractivity contribution in [3.63, 3.8) is 0 Å². The molecule has 6 heteroatoms. The van der Waals surface area contributed by atoms with E-state index >= 15 is 0 Å². The van der Waals surface area contributed by atoms with Crippen molar-refractivity contribution in [3.05, 3.63) is 17.7 Å². The minimum atomic E-state index is -0.377. The Morgan fingerprint density at radius 2 is 1.68 bits per heavy atom. The summed E-state index contributed by atoms with van der Waals surface area (Å²) in [6.45, 7) is 8.61. The summed E-state index contributed by atoms with van der Waals surface area (Å²) in [6, 6.07) is 2.42. The van der Waals surface area contributed by atoms with Gasteiger partial charge in [-0.15, -0.1) is 0 Å². The van der Waals surface area contributed by atoms with Gasteiger partial charge in [0.25, 0.3) is 5.91 Å². The van der Waals surface area contributed by atoms with Gasteiger partial charge in [-0.2, -0.15) is 0 Å². The van der Waals surface area contributed by atoms with Crippen LogP contribution in [0.4, 0.5) is 0 Å². The number of ketones is 1. The van der Waals surface area contributed by atoms with Crippen LogP contribution in [0.15, 0.2) is 12.1 Å². The van der Waals surface area contributed by atoms with E-state index < -0.39 is 0 Å². The van der Waals surface area contributed by atoms with Crippen LogP contribution >= 0.6 is 0 Å². The average molecular weight is 309 g/mol. The van der Waals surface area contributed by atoms with Crippen molar-refractivity contribution in [2.75, 3.05) is 6.61 Å². The second-order valence-corrected chi connectivity index (χ2v) is 6.44. The maximum Gasteiger partial charge on any atom is 0.258 e. The topological polar surface area (TPSA) is 95.9 Å². The first-order chi connectivity index (χ1) is 10.0. The third-order valence-corrected chi connectivity index (χ3v) is 2.73. The average Bonchev–Trinajstić information content (AvgIpc) is 2.33. The van der Waals surface area contributed by atoms with Crippen molar-refractivity contribution in [3.8, 4) is 17.2 Å². The molecule has 0 saturated heterocycles. The summed E-state index contributed by atoms with van der Waals surface area (Å²) in [5.41, 5.74) is -0.514. The zero-order chi connectivity index (χ0) is 17.1. The Labute approximate surface area is 130 Å². The lowest BCUT2D eigenvalue weighted by atomic mass is 9.99. The first-order valence-electron chi connectivity index (χ1n) is 7.05. The van der Waals surface area contributed by atoms with Crippen LogP contribution in [0.5, 0.6) is 17.2 Å². The number of phenolic OH excluding ortho intramolecular Hbond substituents is 2. The summed E-state index contributed by atoms with van der Waals surface area (Å²) >= 11 is 0. The van der Waals surface area contributed by atoms with Gasteiger partial charge in [-0.3, -0.25) is 9.59 Å². The molecule has 122 valence electrons. The van der Waals surface area contributed by atoms with Crippen LogP contribution < -0.4 is 10.1 Å². The molecular formula is C16H23NO5. The number of hydrogen-bond donors (Lipinski definition) is 3. The molecule has 1 amide bonds. The Balaban J connectivity index is 2.83. The maximum absolute atomic E-state index is 11.9. The molecule has 0 fully saturated rings. The quantitative estimate of drug-likeness (QED) is 0.725. The molecule has 0 spiro atoms. The van der Waals surface area contributed by atoms with Gasteiger partial charge in [-0.1, -0.05) is 13.8 Å². The number of benzene rings is 1. The van der Waals surface area contributed by atoms with Gasteiger partial charge in [-0.25, -0.2) is 0 Å². The number of ether oxygens (including phenoxy) is 1. The van der Waals surface area contributed by atoms with E-state index in [1.54, 1.807) is 13.8 Å². The molecule has 0 atom stereocenters. The number of rotatable bonds is 5. The zero-order valence-corrected chi connectivity index (χ0v) is 13.6. The van der Waals surface area contributed by atoms with Gasteiger partial charge in [0.05, 0.1) is 0 Å². The number of hydrogen-bond acceptors (Lipinski definition) is 5. The molecular weight excluding hydrogens is 286 g/mol. The van der Waals surface area contributed by atoms with E-state index in [9.17, 15) is 19.8 Å². The second kappa shape index (κ2) is 6.68. The van der Waals surface area contributed by atoms with Crippen LogP contribution in [0, 0.1) is 5.92 Å². The summed E-state index contributed by atoms with van der Waals surface area (Å²) < 4.78 is 5.23. The standard InChI is InChI=1S/C16H23NO5/c1-9(2)15(21)14-11(18)6-10(7-12(14)19)22-8-13(20)17-16(3,4)5/h6-7,9,18-19H,8H2,1-5H3,(H,17,20). The third kappa shape index (κ3) is 4.95. The molecule has 6 nitrogen and oxygen atoms in total. The van der Waals surface area contributed by atoms with Crippen molar-refractivity contribution >= 4 is 11.7 Å². The van der Waals surface area contributed by atoms with Gasteiger partial charge in [-0.05, 0) is 20.8 Å². The monoisotopic (exact) mass is 309 g/mol. The molecule has 1 aromatic rings. The van der Waals surface area contributed by atoms with E-state index in [-0.39, 0.29) is 52.6 Å². The number of aromatic hydroxyl groups is 2. The lowest BCUT2D eigenvalue weighted by molar-refractivity contribution is -0.124. The lowest BCUT2D eigenvalue weighted by Crippen LogP contribution is -2.43. The fraction of sp³-hybridized carbons (Fsp3) is 0.500. The van der Waals surface area contributed by atoms with E-state index in [1.807, 2.05) is 20.8 Å². The molecule has 0 aliphatic carbocycles. The minimum absolute atomic E-state index is 0.111. The van der Waals surface area contributed by atoms with Crippen molar-refractivity contribution < 1.29 is 24.5 Å². The van der Waals surface area contributed by atoms with E-state index in [1.165, 1.54) is 12.1 Å². The first kappa shape index (κ1) is 17.8. The SMILES string of the molecule is CC(C)C(=O)c1c(O)cc(OCC(=O)NC(C)(C)C)cc1O. The van der Waals surface area contributed by atoms with E-state index in [4.69, 9.17) is 4.74 Å². The van der Waals surface area contributed by atoms with Crippen molar-refractivity contribution in [1.82, 2.24) is 5.32 Å². The number of nitrogens with one attached hydrogen (secondary N) is 1. The molecule has 1 aromatic carbocycles. The fourth-order valence-corrected chi connectivity index (χ4v) is 1.81. The van der Waals surface area contributed by atoms with Gasteiger partial charge >= 0.3 is 0 Å². The molecule has 0 aliphatic rings. The summed E-state index contributed by atoms with van der Waals surface area (Å²) in [6.07, 6.45) is 0. The highest BCUT2D eigenvalue weighted by Gasteiger charge is 2.21. The normalized spacial score (nSPS) is 11.4.